The highest BCUT2D eigenvalue weighted by molar-refractivity contribution is 7.98. The Bertz CT molecular complexity index is 830. The maximum Gasteiger partial charge on any atom is 0.243 e. The third-order valence-electron chi connectivity index (χ3n) is 5.81. The number of hydrogen-bond acceptors (Lipinski definition) is 6. The van der Waals surface area contributed by atoms with E-state index in [0.29, 0.717) is 12.2 Å². The van der Waals surface area contributed by atoms with Crippen LogP contribution in [0.2, 0.25) is 0 Å². The summed E-state index contributed by atoms with van der Waals surface area (Å²) >= 11 is 1.57. The quantitative estimate of drug-likeness (QED) is 0.269. The van der Waals surface area contributed by atoms with E-state index in [4.69, 9.17) is 5.73 Å². The normalized spacial score (nSPS) is 18.1. The van der Waals surface area contributed by atoms with Crippen molar-refractivity contribution in [3.63, 3.8) is 0 Å². The average molecular weight is 492 g/mol. The molecule has 0 aromatic heterocycles. The minimum atomic E-state index is -0.936. The number of carbonyl (C=O) groups excluding carboxylic acids is 4. The lowest BCUT2D eigenvalue weighted by molar-refractivity contribution is -0.134. The summed E-state index contributed by atoms with van der Waals surface area (Å²) < 4.78 is 0. The maximum atomic E-state index is 13.2. The fraction of sp³-hybridized carbons (Fsp3) is 0.583. The third-order valence-corrected chi connectivity index (χ3v) is 6.45. The van der Waals surface area contributed by atoms with Crippen LogP contribution in [-0.4, -0.2) is 66.3 Å². The molecule has 4 atom stereocenters. The summed E-state index contributed by atoms with van der Waals surface area (Å²) in [5.41, 5.74) is 6.31. The molecule has 1 heterocycles. The Kier molecular flexibility index (Phi) is 11.4. The molecular weight excluding hydrogens is 454 g/mol. The van der Waals surface area contributed by atoms with Crippen LogP contribution in [0.15, 0.2) is 30.3 Å². The molecule has 0 radical (unpaired) electrons. The van der Waals surface area contributed by atoms with Crippen molar-refractivity contribution in [2.24, 2.45) is 11.7 Å². The van der Waals surface area contributed by atoms with Gasteiger partial charge in [0.2, 0.25) is 23.6 Å². The summed E-state index contributed by atoms with van der Waals surface area (Å²) in [6.45, 7) is 4.34. The van der Waals surface area contributed by atoms with Crippen LogP contribution in [0, 0.1) is 5.92 Å². The summed E-state index contributed by atoms with van der Waals surface area (Å²) in [5.74, 6) is -1.32. The average Bonchev–Trinajstić information content (AvgIpc) is 3.34. The number of rotatable bonds is 13. The van der Waals surface area contributed by atoms with Gasteiger partial charge in [-0.2, -0.15) is 11.8 Å². The van der Waals surface area contributed by atoms with Gasteiger partial charge in [0.05, 0.1) is 6.04 Å². The van der Waals surface area contributed by atoms with Crippen molar-refractivity contribution >= 4 is 35.4 Å². The van der Waals surface area contributed by atoms with E-state index >= 15 is 0 Å². The predicted octanol–water partition coefficient (Wildman–Crippen LogP) is 0.330. The van der Waals surface area contributed by atoms with E-state index in [9.17, 15) is 19.2 Å². The van der Waals surface area contributed by atoms with Gasteiger partial charge in [0.1, 0.15) is 18.1 Å². The SMILES string of the molecule is CSCC[C@H](NC(=O)[C@@H]1CCCN1)C(=O)N[C@@H](Cc1ccccc1)C(=O)N[C@H](C(N)=O)C(C)C. The minimum absolute atomic E-state index is 0.206. The Balaban J connectivity index is 2.17. The molecule has 0 aliphatic carbocycles. The monoisotopic (exact) mass is 491 g/mol. The lowest BCUT2D eigenvalue weighted by Crippen LogP contribution is -2.58. The Labute approximate surface area is 205 Å². The highest BCUT2D eigenvalue weighted by atomic mass is 32.2. The Morgan fingerprint density at radius 1 is 1.06 bits per heavy atom. The van der Waals surface area contributed by atoms with Gasteiger partial charge in [0, 0.05) is 6.42 Å². The first-order chi connectivity index (χ1) is 16.2. The van der Waals surface area contributed by atoms with Crippen molar-refractivity contribution in [2.75, 3.05) is 18.6 Å². The van der Waals surface area contributed by atoms with Crippen molar-refractivity contribution in [1.29, 1.82) is 0 Å². The molecule has 188 valence electrons. The van der Waals surface area contributed by atoms with E-state index < -0.39 is 35.8 Å². The Hall–Kier alpha value is -2.59. The van der Waals surface area contributed by atoms with Crippen molar-refractivity contribution in [3.8, 4) is 0 Å². The Morgan fingerprint density at radius 3 is 2.29 bits per heavy atom. The molecular formula is C24H37N5O4S. The summed E-state index contributed by atoms with van der Waals surface area (Å²) in [6, 6.07) is 6.41. The molecule has 2 rings (SSSR count). The molecule has 1 saturated heterocycles. The van der Waals surface area contributed by atoms with Gasteiger partial charge >= 0.3 is 0 Å². The molecule has 0 saturated carbocycles. The summed E-state index contributed by atoms with van der Waals surface area (Å²) in [5, 5.41) is 11.5. The van der Waals surface area contributed by atoms with Gasteiger partial charge in [-0.3, -0.25) is 19.2 Å². The number of hydrogen-bond donors (Lipinski definition) is 5. The highest BCUT2D eigenvalue weighted by Crippen LogP contribution is 2.10. The van der Waals surface area contributed by atoms with Gasteiger partial charge in [-0.1, -0.05) is 44.2 Å². The van der Waals surface area contributed by atoms with Crippen molar-refractivity contribution in [2.45, 2.75) is 63.7 Å². The van der Waals surface area contributed by atoms with Crippen molar-refractivity contribution < 1.29 is 19.2 Å². The van der Waals surface area contributed by atoms with Crippen LogP contribution in [0.4, 0.5) is 0 Å². The van der Waals surface area contributed by atoms with Gasteiger partial charge in [-0.15, -0.1) is 0 Å². The molecule has 0 spiro atoms. The summed E-state index contributed by atoms with van der Waals surface area (Å²) in [4.78, 5) is 50.8. The second-order valence-electron chi connectivity index (χ2n) is 8.88. The van der Waals surface area contributed by atoms with E-state index in [1.807, 2.05) is 36.6 Å². The van der Waals surface area contributed by atoms with Crippen molar-refractivity contribution in [1.82, 2.24) is 21.3 Å². The van der Waals surface area contributed by atoms with Gasteiger partial charge < -0.3 is 27.0 Å². The first-order valence-corrected chi connectivity index (χ1v) is 13.1. The number of primary amides is 1. The zero-order valence-corrected chi connectivity index (χ0v) is 21.0. The molecule has 1 aromatic rings. The highest BCUT2D eigenvalue weighted by Gasteiger charge is 2.31. The number of benzene rings is 1. The van der Waals surface area contributed by atoms with Crippen LogP contribution in [0.3, 0.4) is 0 Å². The molecule has 6 N–H and O–H groups in total. The third kappa shape index (κ3) is 8.64. The zero-order chi connectivity index (χ0) is 25.1. The largest absolute Gasteiger partial charge is 0.368 e. The van der Waals surface area contributed by atoms with E-state index in [1.54, 1.807) is 25.6 Å². The molecule has 1 aromatic carbocycles. The molecule has 34 heavy (non-hydrogen) atoms. The first kappa shape index (κ1) is 27.7. The van der Waals surface area contributed by atoms with Crippen LogP contribution in [0.1, 0.15) is 38.7 Å². The van der Waals surface area contributed by atoms with Crippen LogP contribution >= 0.6 is 11.8 Å². The summed E-state index contributed by atoms with van der Waals surface area (Å²) in [6.07, 6.45) is 4.23. The molecule has 10 heteroatoms. The van der Waals surface area contributed by atoms with Crippen LogP contribution in [0.25, 0.3) is 0 Å². The second-order valence-corrected chi connectivity index (χ2v) is 9.86. The smallest absolute Gasteiger partial charge is 0.243 e. The zero-order valence-electron chi connectivity index (χ0n) is 20.1. The molecule has 1 aliphatic rings. The number of nitrogens with one attached hydrogen (secondary N) is 4. The maximum absolute atomic E-state index is 13.2. The van der Waals surface area contributed by atoms with Gasteiger partial charge in [-0.25, -0.2) is 0 Å². The van der Waals surface area contributed by atoms with Gasteiger partial charge in [0.15, 0.2) is 0 Å². The standard InChI is InChI=1S/C24H37N5O4S/c1-15(2)20(21(25)30)29-24(33)19(14-16-8-5-4-6-9-16)28-23(32)18(11-13-34-3)27-22(31)17-10-7-12-26-17/h4-6,8-9,15,17-20,26H,7,10-14H2,1-3H3,(H2,25,30)(H,27,31)(H,28,32)(H,29,33)/t17-,18-,19-,20-/m0/s1. The summed E-state index contributed by atoms with van der Waals surface area (Å²) in [7, 11) is 0. The van der Waals surface area contributed by atoms with Gasteiger partial charge in [0.25, 0.3) is 0 Å². The Morgan fingerprint density at radius 2 is 1.74 bits per heavy atom. The molecule has 0 bridgehead atoms. The minimum Gasteiger partial charge on any atom is -0.368 e. The van der Waals surface area contributed by atoms with Crippen LogP contribution in [0.5, 0.6) is 0 Å². The van der Waals surface area contributed by atoms with Crippen LogP contribution in [-0.2, 0) is 25.6 Å². The molecule has 1 fully saturated rings. The van der Waals surface area contributed by atoms with Crippen molar-refractivity contribution in [3.05, 3.63) is 35.9 Å². The fourth-order valence-electron chi connectivity index (χ4n) is 3.84. The van der Waals surface area contributed by atoms with E-state index in [0.717, 1.165) is 24.9 Å². The second kappa shape index (κ2) is 14.0. The lowest BCUT2D eigenvalue weighted by Gasteiger charge is -2.26. The topological polar surface area (TPSA) is 142 Å². The van der Waals surface area contributed by atoms with Crippen LogP contribution < -0.4 is 27.0 Å². The molecule has 1 aliphatic heterocycles. The van der Waals surface area contributed by atoms with Gasteiger partial charge in [-0.05, 0) is 49.3 Å². The van der Waals surface area contributed by atoms with E-state index in [1.165, 1.54) is 0 Å². The fourth-order valence-corrected chi connectivity index (χ4v) is 4.31. The molecule has 0 unspecified atom stereocenters. The molecule has 9 nitrogen and oxygen atoms in total. The first-order valence-electron chi connectivity index (χ1n) is 11.7. The number of nitrogens with two attached hydrogens (primary N) is 1. The number of carbonyl (C=O) groups is 4. The lowest BCUT2D eigenvalue weighted by atomic mass is 10.0. The predicted molar refractivity (Wildman–Crippen MR) is 134 cm³/mol. The number of amides is 4. The van der Waals surface area contributed by atoms with E-state index in [-0.39, 0.29) is 24.3 Å². The van der Waals surface area contributed by atoms with E-state index in [2.05, 4.69) is 21.3 Å². The molecule has 4 amide bonds. The number of thioether (sulfide) groups is 1.